The fourth-order valence-corrected chi connectivity index (χ4v) is 6.00. The Morgan fingerprint density at radius 2 is 1.95 bits per heavy atom. The van der Waals surface area contributed by atoms with Crippen LogP contribution >= 0.6 is 11.6 Å². The summed E-state index contributed by atoms with van der Waals surface area (Å²) in [5, 5.41) is 15.8. The minimum atomic E-state index is -1.00. The second-order valence-electron chi connectivity index (χ2n) is 10.9. The first-order chi connectivity index (χ1) is 18.1. The van der Waals surface area contributed by atoms with E-state index in [9.17, 15) is 19.5 Å². The predicted octanol–water partition coefficient (Wildman–Crippen LogP) is 4.69. The van der Waals surface area contributed by atoms with Crippen LogP contribution in [0.4, 0.5) is 9.59 Å². The van der Waals surface area contributed by atoms with Crippen LogP contribution in [0.1, 0.15) is 63.9 Å². The number of likely N-dealkylation sites (tertiary alicyclic amines) is 1. The van der Waals surface area contributed by atoms with Crippen molar-refractivity contribution in [2.24, 2.45) is 11.8 Å². The van der Waals surface area contributed by atoms with Gasteiger partial charge in [-0.3, -0.25) is 4.79 Å². The number of amides is 4. The summed E-state index contributed by atoms with van der Waals surface area (Å²) in [6.45, 7) is 3.17. The summed E-state index contributed by atoms with van der Waals surface area (Å²) in [6, 6.07) is 7.01. The quantitative estimate of drug-likeness (QED) is 0.391. The summed E-state index contributed by atoms with van der Waals surface area (Å²) in [5.74, 6) is 0.204. The van der Waals surface area contributed by atoms with E-state index in [0.29, 0.717) is 24.0 Å². The minimum Gasteiger partial charge on any atom is -0.465 e. The molecule has 3 atom stereocenters. The zero-order chi connectivity index (χ0) is 27.7. The second kappa shape index (κ2) is 14.0. The van der Waals surface area contributed by atoms with Crippen molar-refractivity contribution >= 4 is 29.6 Å². The number of likely N-dealkylation sites (N-methyl/N-ethyl adjacent to an activating group) is 2. The zero-order valence-electron chi connectivity index (χ0n) is 22.9. The Morgan fingerprint density at radius 3 is 2.61 bits per heavy atom. The zero-order valence-corrected chi connectivity index (χ0v) is 23.6. The molecule has 1 aliphatic carbocycles. The van der Waals surface area contributed by atoms with Crippen molar-refractivity contribution < 1.29 is 24.2 Å². The summed E-state index contributed by atoms with van der Waals surface area (Å²) in [6.07, 6.45) is 7.24. The third-order valence-electron chi connectivity index (χ3n) is 8.16. The van der Waals surface area contributed by atoms with Gasteiger partial charge in [0.15, 0.2) is 0 Å². The monoisotopic (exact) mass is 550 g/mol. The molecule has 1 saturated heterocycles. The fourth-order valence-electron chi connectivity index (χ4n) is 5.81. The van der Waals surface area contributed by atoms with Crippen molar-refractivity contribution in [2.75, 3.05) is 40.3 Å². The Morgan fingerprint density at radius 1 is 1.21 bits per heavy atom. The number of carbonyl (C=O) groups is 3. The molecular weight excluding hydrogens is 508 g/mol. The maximum absolute atomic E-state index is 13.5. The van der Waals surface area contributed by atoms with Crippen LogP contribution < -0.4 is 10.6 Å². The SMILES string of the molecule is CNC(=O)CO[C@@](C)(c1cccc(Cl)c1)[C@@H]1CCCN(C(=O)N[C@H](CC2CCCCC2)CN(C)C(=O)O)C1. The normalized spacial score (nSPS) is 20.7. The first-order valence-corrected chi connectivity index (χ1v) is 14.1. The Bertz CT molecular complexity index is 957. The maximum atomic E-state index is 13.5. The third-order valence-corrected chi connectivity index (χ3v) is 8.39. The van der Waals surface area contributed by atoms with Gasteiger partial charge in [-0.25, -0.2) is 9.59 Å². The highest BCUT2D eigenvalue weighted by atomic mass is 35.5. The molecule has 9 nitrogen and oxygen atoms in total. The van der Waals surface area contributed by atoms with Crippen molar-refractivity contribution in [2.45, 2.75) is 69.9 Å². The minimum absolute atomic E-state index is 0.0661. The molecule has 0 spiro atoms. The first kappa shape index (κ1) is 30.0. The number of nitrogens with zero attached hydrogens (tertiary/aromatic N) is 2. The average molecular weight is 551 g/mol. The van der Waals surface area contributed by atoms with E-state index in [4.69, 9.17) is 16.3 Å². The molecule has 0 bridgehead atoms. The van der Waals surface area contributed by atoms with Gasteiger partial charge in [-0.1, -0.05) is 55.8 Å². The van der Waals surface area contributed by atoms with E-state index in [-0.39, 0.29) is 37.0 Å². The molecular formula is C28H43ClN4O5. The molecule has 10 heteroatoms. The number of carboxylic acid groups (broad SMARTS) is 1. The number of piperidine rings is 1. The van der Waals surface area contributed by atoms with Crippen molar-refractivity contribution in [3.63, 3.8) is 0 Å². The standard InChI is InChI=1S/C28H43ClN4O5/c1-28(38-19-25(34)30-2,21-11-7-13-23(29)16-21)22-12-8-14-33(17-22)26(35)31-24(18-32(3)27(36)37)15-20-9-5-4-6-10-20/h7,11,13,16,20,22,24H,4-6,8-10,12,14-15,17-19H2,1-3H3,(H,30,34)(H,31,35)(H,36,37)/t22-,24-,28+/m1/s1. The maximum Gasteiger partial charge on any atom is 0.407 e. The summed E-state index contributed by atoms with van der Waals surface area (Å²) in [5.41, 5.74) is 0.0286. The van der Waals surface area contributed by atoms with E-state index in [1.165, 1.54) is 24.2 Å². The van der Waals surface area contributed by atoms with E-state index in [2.05, 4.69) is 10.6 Å². The third kappa shape index (κ3) is 8.24. The van der Waals surface area contributed by atoms with Crippen molar-refractivity contribution in [1.82, 2.24) is 20.4 Å². The van der Waals surface area contributed by atoms with Gasteiger partial charge >= 0.3 is 12.1 Å². The van der Waals surface area contributed by atoms with E-state index in [1.807, 2.05) is 25.1 Å². The van der Waals surface area contributed by atoms with Gasteiger partial charge in [-0.2, -0.15) is 0 Å². The molecule has 38 heavy (non-hydrogen) atoms. The number of nitrogens with one attached hydrogen (secondary N) is 2. The highest BCUT2D eigenvalue weighted by molar-refractivity contribution is 6.30. The Labute approximate surface area is 231 Å². The van der Waals surface area contributed by atoms with E-state index >= 15 is 0 Å². The van der Waals surface area contributed by atoms with Crippen molar-refractivity contribution in [1.29, 1.82) is 0 Å². The molecule has 3 rings (SSSR count). The van der Waals surface area contributed by atoms with Crippen LogP contribution in [0.2, 0.25) is 5.02 Å². The molecule has 1 aromatic rings. The number of halogens is 1. The Balaban J connectivity index is 1.74. The lowest BCUT2D eigenvalue weighted by Crippen LogP contribution is -2.54. The molecule has 1 aliphatic heterocycles. The summed E-state index contributed by atoms with van der Waals surface area (Å²) < 4.78 is 6.25. The van der Waals surface area contributed by atoms with Crippen LogP contribution in [0.5, 0.6) is 0 Å². The van der Waals surface area contributed by atoms with Crippen LogP contribution in [-0.4, -0.2) is 79.3 Å². The topological polar surface area (TPSA) is 111 Å². The van der Waals surface area contributed by atoms with Crippen LogP contribution in [0.15, 0.2) is 24.3 Å². The van der Waals surface area contributed by atoms with Crippen LogP contribution in [0.25, 0.3) is 0 Å². The predicted molar refractivity (Wildman–Crippen MR) is 147 cm³/mol. The van der Waals surface area contributed by atoms with E-state index < -0.39 is 11.7 Å². The van der Waals surface area contributed by atoms with Crippen LogP contribution in [0, 0.1) is 11.8 Å². The lowest BCUT2D eigenvalue weighted by atomic mass is 9.78. The molecule has 3 N–H and O–H groups in total. The van der Waals surface area contributed by atoms with Gasteiger partial charge in [0.05, 0.1) is 5.60 Å². The number of rotatable bonds is 10. The fraction of sp³-hybridized carbons (Fsp3) is 0.679. The number of carbonyl (C=O) groups excluding carboxylic acids is 2. The van der Waals surface area contributed by atoms with Gasteiger partial charge in [0.1, 0.15) is 6.61 Å². The number of benzene rings is 1. The molecule has 0 unspecified atom stereocenters. The molecule has 1 heterocycles. The van der Waals surface area contributed by atoms with Gasteiger partial charge in [0.25, 0.3) is 0 Å². The first-order valence-electron chi connectivity index (χ1n) is 13.7. The number of hydrogen-bond donors (Lipinski definition) is 3. The number of ether oxygens (including phenoxy) is 1. The highest BCUT2D eigenvalue weighted by Crippen LogP contribution is 2.39. The number of hydrogen-bond acceptors (Lipinski definition) is 4. The lowest BCUT2D eigenvalue weighted by molar-refractivity contribution is -0.140. The molecule has 2 fully saturated rings. The van der Waals surface area contributed by atoms with Crippen LogP contribution in [-0.2, 0) is 15.1 Å². The summed E-state index contributed by atoms with van der Waals surface area (Å²) in [7, 11) is 3.11. The number of urea groups is 1. The molecule has 0 aromatic heterocycles. The molecule has 1 aromatic carbocycles. The Hall–Kier alpha value is -2.52. The van der Waals surface area contributed by atoms with E-state index in [1.54, 1.807) is 25.1 Å². The smallest absolute Gasteiger partial charge is 0.407 e. The molecule has 212 valence electrons. The molecule has 2 aliphatic rings. The van der Waals surface area contributed by atoms with Gasteiger partial charge in [0.2, 0.25) is 5.91 Å². The second-order valence-corrected chi connectivity index (χ2v) is 11.4. The van der Waals surface area contributed by atoms with E-state index in [0.717, 1.165) is 37.7 Å². The molecule has 0 radical (unpaired) electrons. The van der Waals surface area contributed by atoms with Gasteiger partial charge < -0.3 is 30.3 Å². The summed E-state index contributed by atoms with van der Waals surface area (Å²) in [4.78, 5) is 40.1. The van der Waals surface area contributed by atoms with Crippen molar-refractivity contribution in [3.05, 3.63) is 34.9 Å². The average Bonchev–Trinajstić information content (AvgIpc) is 2.92. The molecule has 4 amide bonds. The Kier molecular flexibility index (Phi) is 11.1. The largest absolute Gasteiger partial charge is 0.465 e. The highest BCUT2D eigenvalue weighted by Gasteiger charge is 2.41. The van der Waals surface area contributed by atoms with Crippen molar-refractivity contribution in [3.8, 4) is 0 Å². The van der Waals surface area contributed by atoms with Crippen LogP contribution in [0.3, 0.4) is 0 Å². The summed E-state index contributed by atoms with van der Waals surface area (Å²) >= 11 is 6.30. The van der Waals surface area contributed by atoms with Gasteiger partial charge in [0, 0.05) is 50.7 Å². The van der Waals surface area contributed by atoms with Gasteiger partial charge in [-0.15, -0.1) is 0 Å². The lowest BCUT2D eigenvalue weighted by Gasteiger charge is -2.44. The van der Waals surface area contributed by atoms with Gasteiger partial charge in [-0.05, 0) is 49.8 Å². The molecule has 1 saturated carbocycles.